The van der Waals surface area contributed by atoms with Crippen molar-refractivity contribution in [3.63, 3.8) is 0 Å². The first-order valence-electron chi connectivity index (χ1n) is 12.3. The summed E-state index contributed by atoms with van der Waals surface area (Å²) in [5.74, 6) is -0.891. The fourth-order valence-corrected chi connectivity index (χ4v) is 4.46. The molecule has 2 heterocycles. The molecule has 2 aromatic carbocycles. The molecule has 2 aromatic heterocycles. The molecule has 1 atom stereocenters. The van der Waals surface area contributed by atoms with Crippen molar-refractivity contribution < 1.29 is 23.9 Å². The van der Waals surface area contributed by atoms with Crippen molar-refractivity contribution in [3.8, 4) is 10.6 Å². The Morgan fingerprint density at radius 3 is 2.26 bits per heavy atom. The Labute approximate surface area is 224 Å². The van der Waals surface area contributed by atoms with E-state index in [-0.39, 0.29) is 26.1 Å². The number of fused-ring (bicyclic) bond motifs is 1. The SMILES string of the molecule is CCOC(=O)CCC(NC(=O)c1ccc(Nc2nc3ccccc3nc2-c2cccs2)cc1)C(=O)OCC. The molecule has 196 valence electrons. The van der Waals surface area contributed by atoms with Crippen LogP contribution in [-0.2, 0) is 19.1 Å². The Morgan fingerprint density at radius 1 is 0.895 bits per heavy atom. The summed E-state index contributed by atoms with van der Waals surface area (Å²) in [5, 5.41) is 7.97. The summed E-state index contributed by atoms with van der Waals surface area (Å²) in [6.45, 7) is 3.79. The van der Waals surface area contributed by atoms with Crippen molar-refractivity contribution in [1.29, 1.82) is 0 Å². The number of carbonyl (C=O) groups is 3. The Bertz CT molecular complexity index is 1410. The van der Waals surface area contributed by atoms with E-state index in [0.29, 0.717) is 17.1 Å². The van der Waals surface area contributed by atoms with Gasteiger partial charge in [0.15, 0.2) is 5.82 Å². The van der Waals surface area contributed by atoms with Gasteiger partial charge in [0.05, 0.1) is 29.1 Å². The molecule has 0 fully saturated rings. The molecule has 10 heteroatoms. The minimum Gasteiger partial charge on any atom is -0.466 e. The highest BCUT2D eigenvalue weighted by molar-refractivity contribution is 7.13. The van der Waals surface area contributed by atoms with E-state index in [1.165, 1.54) is 0 Å². The van der Waals surface area contributed by atoms with Gasteiger partial charge < -0.3 is 20.1 Å². The van der Waals surface area contributed by atoms with E-state index >= 15 is 0 Å². The maximum atomic E-state index is 12.9. The molecule has 38 heavy (non-hydrogen) atoms. The van der Waals surface area contributed by atoms with Gasteiger partial charge in [0.1, 0.15) is 11.7 Å². The molecule has 0 saturated heterocycles. The predicted octanol–water partition coefficient (Wildman–Crippen LogP) is 5.11. The van der Waals surface area contributed by atoms with Gasteiger partial charge in [0, 0.05) is 17.7 Å². The van der Waals surface area contributed by atoms with Crippen molar-refractivity contribution in [2.24, 2.45) is 0 Å². The Hall–Kier alpha value is -4.31. The highest BCUT2D eigenvalue weighted by Crippen LogP contribution is 2.32. The van der Waals surface area contributed by atoms with Crippen molar-refractivity contribution in [1.82, 2.24) is 15.3 Å². The summed E-state index contributed by atoms with van der Waals surface area (Å²) in [6.07, 6.45) is 0.0645. The van der Waals surface area contributed by atoms with Crippen LogP contribution in [-0.4, -0.2) is 47.1 Å². The maximum Gasteiger partial charge on any atom is 0.328 e. The molecule has 2 N–H and O–H groups in total. The van der Waals surface area contributed by atoms with Crippen molar-refractivity contribution in [2.45, 2.75) is 32.7 Å². The largest absolute Gasteiger partial charge is 0.466 e. The van der Waals surface area contributed by atoms with Crippen LogP contribution in [0.3, 0.4) is 0 Å². The standard InChI is InChI=1S/C28H28N4O5S/c1-3-36-24(33)16-15-22(28(35)37-4-2)32-27(34)18-11-13-19(14-12-18)29-26-25(23-10-7-17-38-23)30-20-8-5-6-9-21(20)31-26/h5-14,17,22H,3-4,15-16H2,1-2H3,(H,29,31)(H,32,34). The van der Waals surface area contributed by atoms with Gasteiger partial charge in [-0.1, -0.05) is 18.2 Å². The first kappa shape index (κ1) is 26.7. The average Bonchev–Trinajstić information content (AvgIpc) is 3.46. The molecule has 0 spiro atoms. The van der Waals surface area contributed by atoms with E-state index < -0.39 is 23.9 Å². The fraction of sp³-hybridized carbons (Fsp3) is 0.250. The van der Waals surface area contributed by atoms with E-state index in [1.54, 1.807) is 49.4 Å². The zero-order chi connectivity index (χ0) is 26.9. The number of nitrogens with zero attached hydrogens (tertiary/aromatic N) is 2. The topological polar surface area (TPSA) is 120 Å². The third-order valence-electron chi connectivity index (χ3n) is 5.55. The number of nitrogens with one attached hydrogen (secondary N) is 2. The third-order valence-corrected chi connectivity index (χ3v) is 6.43. The van der Waals surface area contributed by atoms with Crippen LogP contribution >= 0.6 is 11.3 Å². The monoisotopic (exact) mass is 532 g/mol. The lowest BCUT2D eigenvalue weighted by molar-refractivity contribution is -0.146. The molecule has 0 bridgehead atoms. The Morgan fingerprint density at radius 2 is 1.61 bits per heavy atom. The molecular formula is C28H28N4O5S. The molecule has 9 nitrogen and oxygen atoms in total. The van der Waals surface area contributed by atoms with Gasteiger partial charge in [-0.3, -0.25) is 9.59 Å². The lowest BCUT2D eigenvalue weighted by Gasteiger charge is -2.17. The van der Waals surface area contributed by atoms with Crippen LogP contribution in [0.15, 0.2) is 66.0 Å². The minimum atomic E-state index is -0.967. The van der Waals surface area contributed by atoms with E-state index in [0.717, 1.165) is 21.6 Å². The van der Waals surface area contributed by atoms with Crippen LogP contribution in [0.25, 0.3) is 21.6 Å². The number of amides is 1. The van der Waals surface area contributed by atoms with E-state index in [4.69, 9.17) is 19.4 Å². The maximum absolute atomic E-state index is 12.9. The molecule has 0 aliphatic carbocycles. The number of rotatable bonds is 11. The molecule has 4 aromatic rings. The number of thiophene rings is 1. The summed E-state index contributed by atoms with van der Waals surface area (Å²) in [5.41, 5.74) is 3.36. The smallest absolute Gasteiger partial charge is 0.328 e. The van der Waals surface area contributed by atoms with E-state index in [9.17, 15) is 14.4 Å². The van der Waals surface area contributed by atoms with Crippen LogP contribution in [0.1, 0.15) is 37.0 Å². The highest BCUT2D eigenvalue weighted by Gasteiger charge is 2.24. The predicted molar refractivity (Wildman–Crippen MR) is 146 cm³/mol. The summed E-state index contributed by atoms with van der Waals surface area (Å²) < 4.78 is 9.98. The molecule has 0 saturated carbocycles. The van der Waals surface area contributed by atoms with Gasteiger partial charge in [-0.15, -0.1) is 11.3 Å². The number of anilines is 2. The normalized spacial score (nSPS) is 11.5. The number of hydrogen-bond donors (Lipinski definition) is 2. The minimum absolute atomic E-state index is 0.0141. The summed E-state index contributed by atoms with van der Waals surface area (Å²) in [4.78, 5) is 47.5. The van der Waals surface area contributed by atoms with E-state index in [1.807, 2.05) is 41.8 Å². The Balaban J connectivity index is 1.49. The molecule has 0 radical (unpaired) electrons. The number of benzene rings is 2. The fourth-order valence-electron chi connectivity index (χ4n) is 3.74. The van der Waals surface area contributed by atoms with Gasteiger partial charge in [-0.25, -0.2) is 14.8 Å². The molecule has 1 unspecified atom stereocenters. The van der Waals surface area contributed by atoms with Gasteiger partial charge in [0.25, 0.3) is 5.91 Å². The van der Waals surface area contributed by atoms with Gasteiger partial charge in [0.2, 0.25) is 0 Å². The van der Waals surface area contributed by atoms with Gasteiger partial charge in [-0.05, 0) is 68.1 Å². The molecule has 0 aliphatic rings. The van der Waals surface area contributed by atoms with Crippen LogP contribution in [0.4, 0.5) is 11.5 Å². The zero-order valence-corrected chi connectivity index (χ0v) is 21.9. The lowest BCUT2D eigenvalue weighted by atomic mass is 10.1. The Kier molecular flexibility index (Phi) is 8.99. The third kappa shape index (κ3) is 6.71. The second-order valence-corrected chi connectivity index (χ2v) is 9.16. The molecule has 1 amide bonds. The number of esters is 2. The number of hydrogen-bond acceptors (Lipinski definition) is 9. The lowest BCUT2D eigenvalue weighted by Crippen LogP contribution is -2.42. The second kappa shape index (κ2) is 12.8. The molecule has 0 aliphatic heterocycles. The summed E-state index contributed by atoms with van der Waals surface area (Å²) >= 11 is 1.57. The summed E-state index contributed by atoms with van der Waals surface area (Å²) in [6, 6.07) is 17.4. The second-order valence-electron chi connectivity index (χ2n) is 8.21. The van der Waals surface area contributed by atoms with Crippen LogP contribution in [0.5, 0.6) is 0 Å². The van der Waals surface area contributed by atoms with Crippen molar-refractivity contribution in [3.05, 3.63) is 71.6 Å². The summed E-state index contributed by atoms with van der Waals surface area (Å²) in [7, 11) is 0. The van der Waals surface area contributed by atoms with E-state index in [2.05, 4.69) is 10.6 Å². The molecular weight excluding hydrogens is 504 g/mol. The average molecular weight is 533 g/mol. The zero-order valence-electron chi connectivity index (χ0n) is 21.1. The first-order valence-corrected chi connectivity index (χ1v) is 13.2. The number of ether oxygens (including phenoxy) is 2. The van der Waals surface area contributed by atoms with Crippen LogP contribution in [0, 0.1) is 0 Å². The van der Waals surface area contributed by atoms with Crippen molar-refractivity contribution >= 4 is 51.7 Å². The van der Waals surface area contributed by atoms with Crippen LogP contribution in [0.2, 0.25) is 0 Å². The molecule has 4 rings (SSSR count). The van der Waals surface area contributed by atoms with Gasteiger partial charge in [-0.2, -0.15) is 0 Å². The number of aromatic nitrogens is 2. The van der Waals surface area contributed by atoms with Crippen molar-refractivity contribution in [2.75, 3.05) is 18.5 Å². The van der Waals surface area contributed by atoms with Gasteiger partial charge >= 0.3 is 11.9 Å². The first-order chi connectivity index (χ1) is 18.5. The number of carbonyl (C=O) groups excluding carboxylic acids is 3. The van der Waals surface area contributed by atoms with Crippen LogP contribution < -0.4 is 10.6 Å². The quantitative estimate of drug-likeness (QED) is 0.256. The number of para-hydroxylation sites is 2. The highest BCUT2D eigenvalue weighted by atomic mass is 32.1.